The fraction of sp³-hybridized carbons (Fsp3) is 0.200. The highest BCUT2D eigenvalue weighted by Crippen LogP contribution is 2.31. The van der Waals surface area contributed by atoms with Gasteiger partial charge in [-0.2, -0.15) is 5.10 Å². The number of phenolic OH excluding ortho intramolecular Hbond substituents is 1. The maximum Gasteiger partial charge on any atom is 0.264 e. The zero-order valence-corrected chi connectivity index (χ0v) is 19.2. The summed E-state index contributed by atoms with van der Waals surface area (Å²) in [5.74, 6) is 0.311. The van der Waals surface area contributed by atoms with E-state index in [-0.39, 0.29) is 11.7 Å². The Labute approximate surface area is 195 Å². The number of amides is 1. The molecule has 5 nitrogen and oxygen atoms in total. The predicted octanol–water partition coefficient (Wildman–Crippen LogP) is 5.74. The Hall–Kier alpha value is -3.09. The lowest BCUT2D eigenvalue weighted by Gasteiger charge is -2.26. The standard InChI is InChI=1S/C25H22ClN3O2S/c1-16-21-14-23(32-25(21)29(27-16)15-19-4-2-3-5-22(19)26)24(31)28-12-10-18(11-13-28)17-6-8-20(30)9-7-17/h2-10,14,30H,11-13,15H2,1H3. The highest BCUT2D eigenvalue weighted by molar-refractivity contribution is 7.20. The molecule has 0 spiro atoms. The van der Waals surface area contributed by atoms with Crippen LogP contribution in [-0.4, -0.2) is 38.8 Å². The summed E-state index contributed by atoms with van der Waals surface area (Å²) in [4.78, 5) is 16.8. The van der Waals surface area contributed by atoms with Gasteiger partial charge < -0.3 is 10.0 Å². The topological polar surface area (TPSA) is 58.4 Å². The Balaban J connectivity index is 1.36. The van der Waals surface area contributed by atoms with Gasteiger partial charge in [-0.05, 0) is 54.3 Å². The molecule has 0 unspecified atom stereocenters. The number of nitrogens with zero attached hydrogens (tertiary/aromatic N) is 3. The molecular weight excluding hydrogens is 442 g/mol. The van der Waals surface area contributed by atoms with Crippen LogP contribution in [0.15, 0.2) is 60.7 Å². The van der Waals surface area contributed by atoms with E-state index in [0.29, 0.717) is 24.7 Å². The van der Waals surface area contributed by atoms with Crippen molar-refractivity contribution in [2.75, 3.05) is 13.1 Å². The van der Waals surface area contributed by atoms with Crippen LogP contribution in [0.3, 0.4) is 0 Å². The maximum absolute atomic E-state index is 13.2. The molecule has 1 amide bonds. The number of benzene rings is 2. The van der Waals surface area contributed by atoms with E-state index in [1.807, 2.05) is 59.0 Å². The molecule has 7 heteroatoms. The first-order valence-corrected chi connectivity index (χ1v) is 11.7. The van der Waals surface area contributed by atoms with Crippen molar-refractivity contribution in [3.05, 3.63) is 87.4 Å². The molecule has 0 atom stereocenters. The van der Waals surface area contributed by atoms with Gasteiger partial charge in [0.2, 0.25) is 0 Å². The molecule has 5 rings (SSSR count). The number of rotatable bonds is 4. The molecule has 0 radical (unpaired) electrons. The lowest BCUT2D eigenvalue weighted by molar-refractivity contribution is 0.0778. The first-order chi connectivity index (χ1) is 15.5. The van der Waals surface area contributed by atoms with Gasteiger partial charge in [-0.1, -0.05) is 48.0 Å². The molecular formula is C25H22ClN3O2S. The third-order valence-electron chi connectivity index (χ3n) is 5.83. The lowest BCUT2D eigenvalue weighted by Crippen LogP contribution is -2.34. The maximum atomic E-state index is 13.2. The Morgan fingerprint density at radius 2 is 1.97 bits per heavy atom. The monoisotopic (exact) mass is 463 g/mol. The van der Waals surface area contributed by atoms with Crippen LogP contribution < -0.4 is 0 Å². The van der Waals surface area contributed by atoms with E-state index in [0.717, 1.165) is 38.3 Å². The molecule has 3 heterocycles. The van der Waals surface area contributed by atoms with E-state index in [2.05, 4.69) is 11.2 Å². The zero-order valence-electron chi connectivity index (χ0n) is 17.6. The van der Waals surface area contributed by atoms with E-state index in [1.165, 1.54) is 16.9 Å². The molecule has 1 aliphatic heterocycles. The number of aromatic hydroxyl groups is 1. The SMILES string of the molecule is Cc1nn(Cc2ccccc2Cl)c2sc(C(=O)N3CC=C(c4ccc(O)cc4)CC3)cc12. The number of carbonyl (C=O) groups is 1. The van der Waals surface area contributed by atoms with Crippen molar-refractivity contribution in [1.29, 1.82) is 0 Å². The van der Waals surface area contributed by atoms with E-state index >= 15 is 0 Å². The number of hydrogen-bond donors (Lipinski definition) is 1. The Bertz CT molecular complexity index is 1340. The minimum absolute atomic E-state index is 0.0518. The van der Waals surface area contributed by atoms with Crippen LogP contribution in [0.25, 0.3) is 15.8 Å². The van der Waals surface area contributed by atoms with Crippen molar-refractivity contribution >= 4 is 44.6 Å². The third kappa shape index (κ3) is 3.92. The summed E-state index contributed by atoms with van der Waals surface area (Å²) in [6.07, 6.45) is 2.90. The second-order valence-electron chi connectivity index (χ2n) is 7.94. The number of phenols is 1. The number of hydrogen-bond acceptors (Lipinski definition) is 4. The lowest BCUT2D eigenvalue weighted by atomic mass is 9.99. The summed E-state index contributed by atoms with van der Waals surface area (Å²) >= 11 is 7.82. The Morgan fingerprint density at radius 3 is 2.69 bits per heavy atom. The number of thiophene rings is 1. The molecule has 0 saturated heterocycles. The van der Waals surface area contributed by atoms with Crippen LogP contribution in [0.1, 0.15) is 32.9 Å². The summed E-state index contributed by atoms with van der Waals surface area (Å²) in [5, 5.41) is 15.9. The van der Waals surface area contributed by atoms with Crippen LogP contribution >= 0.6 is 22.9 Å². The van der Waals surface area contributed by atoms with Gasteiger partial charge in [0.1, 0.15) is 10.6 Å². The van der Waals surface area contributed by atoms with E-state index in [4.69, 9.17) is 11.6 Å². The molecule has 0 aliphatic carbocycles. The first-order valence-electron chi connectivity index (χ1n) is 10.5. The van der Waals surface area contributed by atoms with Gasteiger partial charge >= 0.3 is 0 Å². The normalized spacial score (nSPS) is 14.1. The quantitative estimate of drug-likeness (QED) is 0.419. The van der Waals surface area contributed by atoms with Gasteiger partial charge in [-0.25, -0.2) is 0 Å². The van der Waals surface area contributed by atoms with E-state index in [9.17, 15) is 9.90 Å². The van der Waals surface area contributed by atoms with Gasteiger partial charge in [0.05, 0.1) is 17.1 Å². The molecule has 0 saturated carbocycles. The summed E-state index contributed by atoms with van der Waals surface area (Å²) in [7, 11) is 0. The second-order valence-corrected chi connectivity index (χ2v) is 9.38. The summed E-state index contributed by atoms with van der Waals surface area (Å²) in [6, 6.07) is 16.9. The molecule has 1 N–H and O–H groups in total. The van der Waals surface area contributed by atoms with Crippen LogP contribution in [0, 0.1) is 6.92 Å². The van der Waals surface area contributed by atoms with Crippen molar-refractivity contribution in [1.82, 2.24) is 14.7 Å². The molecule has 162 valence electrons. The van der Waals surface area contributed by atoms with Crippen molar-refractivity contribution < 1.29 is 9.90 Å². The molecule has 0 fully saturated rings. The number of aromatic nitrogens is 2. The van der Waals surface area contributed by atoms with E-state index < -0.39 is 0 Å². The minimum Gasteiger partial charge on any atom is -0.508 e. The smallest absolute Gasteiger partial charge is 0.264 e. The third-order valence-corrected chi connectivity index (χ3v) is 7.34. The number of halogens is 1. The molecule has 32 heavy (non-hydrogen) atoms. The van der Waals surface area contributed by atoms with Crippen LogP contribution in [0.4, 0.5) is 0 Å². The number of carbonyl (C=O) groups excluding carboxylic acids is 1. The molecule has 4 aromatic rings. The average molecular weight is 464 g/mol. The van der Waals surface area contributed by atoms with Gasteiger partial charge in [0.25, 0.3) is 5.91 Å². The van der Waals surface area contributed by atoms with Crippen molar-refractivity contribution in [3.63, 3.8) is 0 Å². The molecule has 1 aliphatic rings. The van der Waals surface area contributed by atoms with Gasteiger partial charge in [-0.15, -0.1) is 11.3 Å². The molecule has 0 bridgehead atoms. The first kappa shape index (κ1) is 20.8. The van der Waals surface area contributed by atoms with Gasteiger partial charge in [0.15, 0.2) is 0 Å². The highest BCUT2D eigenvalue weighted by atomic mass is 35.5. The van der Waals surface area contributed by atoms with Crippen molar-refractivity contribution in [2.45, 2.75) is 19.9 Å². The summed E-state index contributed by atoms with van der Waals surface area (Å²) < 4.78 is 1.94. The Morgan fingerprint density at radius 1 is 1.19 bits per heavy atom. The van der Waals surface area contributed by atoms with Crippen LogP contribution in [0.5, 0.6) is 5.75 Å². The Kier molecular flexibility index (Phi) is 5.49. The zero-order chi connectivity index (χ0) is 22.2. The summed E-state index contributed by atoms with van der Waals surface area (Å²) in [5.41, 5.74) is 4.21. The highest BCUT2D eigenvalue weighted by Gasteiger charge is 2.23. The second kappa shape index (κ2) is 8.45. The minimum atomic E-state index is 0.0518. The largest absolute Gasteiger partial charge is 0.508 e. The van der Waals surface area contributed by atoms with Crippen LogP contribution in [-0.2, 0) is 6.54 Å². The van der Waals surface area contributed by atoms with E-state index in [1.54, 1.807) is 12.1 Å². The predicted molar refractivity (Wildman–Crippen MR) is 130 cm³/mol. The molecule has 2 aromatic carbocycles. The van der Waals surface area contributed by atoms with Crippen molar-refractivity contribution in [3.8, 4) is 5.75 Å². The fourth-order valence-electron chi connectivity index (χ4n) is 4.06. The summed E-state index contributed by atoms with van der Waals surface area (Å²) in [6.45, 7) is 3.79. The van der Waals surface area contributed by atoms with Gasteiger partial charge in [0, 0.05) is 23.5 Å². The van der Waals surface area contributed by atoms with Crippen LogP contribution in [0.2, 0.25) is 5.02 Å². The number of fused-ring (bicyclic) bond motifs is 1. The molecule has 2 aromatic heterocycles. The fourth-order valence-corrected chi connectivity index (χ4v) is 5.38. The van der Waals surface area contributed by atoms with Crippen molar-refractivity contribution in [2.24, 2.45) is 0 Å². The average Bonchev–Trinajstić information content (AvgIpc) is 3.37. The van der Waals surface area contributed by atoms with Gasteiger partial charge in [-0.3, -0.25) is 9.48 Å². The number of aryl methyl sites for hydroxylation is 1.